The number of alkyl halides is 2. The van der Waals surface area contributed by atoms with Crippen LogP contribution in [0.25, 0.3) is 11.1 Å². The van der Waals surface area contributed by atoms with Crippen LogP contribution in [0, 0.1) is 75.2 Å². The van der Waals surface area contributed by atoms with Crippen molar-refractivity contribution in [2.45, 2.75) is 38.7 Å². The second kappa shape index (κ2) is 8.53. The van der Waals surface area contributed by atoms with Gasteiger partial charge in [0.1, 0.15) is 16.5 Å². The van der Waals surface area contributed by atoms with Crippen molar-refractivity contribution in [3.63, 3.8) is 0 Å². The van der Waals surface area contributed by atoms with Gasteiger partial charge in [-0.2, -0.15) is 27.0 Å². The van der Waals surface area contributed by atoms with Gasteiger partial charge >= 0.3 is 16.3 Å². The van der Waals surface area contributed by atoms with E-state index in [9.17, 15) is 32.6 Å². The zero-order chi connectivity index (χ0) is 25.0. The average Bonchev–Trinajstić information content (AvgIpc) is 2.57. The van der Waals surface area contributed by atoms with Gasteiger partial charge in [-0.25, -0.2) is 4.39 Å². The van der Waals surface area contributed by atoms with Crippen LogP contribution in [0.5, 0.6) is 5.75 Å². The van der Waals surface area contributed by atoms with Gasteiger partial charge in [0.05, 0.1) is 0 Å². The van der Waals surface area contributed by atoms with Gasteiger partial charge in [0.25, 0.3) is 0 Å². The van der Waals surface area contributed by atoms with Crippen LogP contribution in [0.15, 0.2) is 47.4 Å². The van der Waals surface area contributed by atoms with E-state index in [1.165, 1.54) is 19.1 Å². The van der Waals surface area contributed by atoms with E-state index >= 15 is 0 Å². The van der Waals surface area contributed by atoms with Crippen molar-refractivity contribution in [3.8, 4) is 16.9 Å². The first-order valence-corrected chi connectivity index (χ1v) is 11.4. The molecule has 0 aliphatic carbocycles. The Morgan fingerprint density at radius 3 is 1.85 bits per heavy atom. The molecule has 0 fully saturated rings. The summed E-state index contributed by atoms with van der Waals surface area (Å²) in [7, 11) is -10.3. The summed E-state index contributed by atoms with van der Waals surface area (Å²) in [6.07, 6.45) is -4.12. The SMILES string of the molecule is Cc1cc(C)c(-c2c[c-]c(C(F)(F)Oc3ccc(S(F)(F)(F)(F)F)c(F)c3)c(C)c2)c(C)c1.[La]. The van der Waals surface area contributed by atoms with Gasteiger partial charge < -0.3 is 4.74 Å². The Morgan fingerprint density at radius 2 is 1.38 bits per heavy atom. The summed E-state index contributed by atoms with van der Waals surface area (Å²) in [5.41, 5.74) is 3.67. The molecule has 3 rings (SSSR count). The topological polar surface area (TPSA) is 9.23 Å². The van der Waals surface area contributed by atoms with E-state index < -0.39 is 38.4 Å². The van der Waals surface area contributed by atoms with Crippen molar-refractivity contribution in [2.75, 3.05) is 0 Å². The first kappa shape index (κ1) is 28.7. The van der Waals surface area contributed by atoms with Gasteiger partial charge in [0, 0.05) is 41.7 Å². The molecule has 0 spiro atoms. The molecule has 0 amide bonds. The van der Waals surface area contributed by atoms with Crippen molar-refractivity contribution < 1.29 is 72.9 Å². The molecule has 0 N–H and O–H groups in total. The van der Waals surface area contributed by atoms with Crippen LogP contribution < -0.4 is 4.74 Å². The molecule has 0 unspecified atom stereocenters. The Kier molecular flexibility index (Phi) is 7.20. The van der Waals surface area contributed by atoms with Crippen LogP contribution in [-0.4, -0.2) is 0 Å². The summed E-state index contributed by atoms with van der Waals surface area (Å²) in [5, 5.41) is 0. The smallest absolute Gasteiger partial charge is 0.403 e. The third-order valence-electron chi connectivity index (χ3n) is 4.96. The molecule has 0 aliphatic heterocycles. The second-order valence-electron chi connectivity index (χ2n) is 7.90. The normalized spacial score (nSPS) is 14.1. The van der Waals surface area contributed by atoms with Crippen LogP contribution in [0.4, 0.5) is 32.6 Å². The number of hydrogen-bond donors (Lipinski definition) is 0. The summed E-state index contributed by atoms with van der Waals surface area (Å²) in [4.78, 5) is -2.80. The molecule has 34 heavy (non-hydrogen) atoms. The second-order valence-corrected chi connectivity index (χ2v) is 10.3. The molecular formula is C23H19F8LaOS-. The first-order chi connectivity index (χ1) is 14.8. The number of rotatable bonds is 5. The molecule has 0 aromatic heterocycles. The van der Waals surface area contributed by atoms with Crippen LogP contribution in [-0.2, 0) is 6.11 Å². The predicted molar refractivity (Wildman–Crippen MR) is 112 cm³/mol. The third-order valence-corrected chi connectivity index (χ3v) is 6.12. The van der Waals surface area contributed by atoms with Crippen LogP contribution in [0.3, 0.4) is 0 Å². The van der Waals surface area contributed by atoms with Gasteiger partial charge in [-0.15, -0.1) is 11.1 Å². The van der Waals surface area contributed by atoms with Gasteiger partial charge in [-0.05, 0) is 38.5 Å². The van der Waals surface area contributed by atoms with Crippen LogP contribution >= 0.6 is 10.2 Å². The molecular weight excluding hydrogens is 615 g/mol. The van der Waals surface area contributed by atoms with E-state index in [1.54, 1.807) is 0 Å². The number of ether oxygens (including phenoxy) is 1. The van der Waals surface area contributed by atoms with Crippen molar-refractivity contribution in [3.05, 3.63) is 82.2 Å². The Labute approximate surface area is 219 Å². The summed E-state index contributed by atoms with van der Waals surface area (Å²) in [6, 6.07) is 8.86. The predicted octanol–water partition coefficient (Wildman–Crippen LogP) is 9.31. The average molecular weight is 634 g/mol. The largest absolute Gasteiger partial charge is 0.430 e. The Hall–Kier alpha value is -1.56. The number of halogens is 8. The Balaban J connectivity index is 0.00000408. The Bertz CT molecular complexity index is 1230. The van der Waals surface area contributed by atoms with Crippen molar-refractivity contribution in [2.24, 2.45) is 0 Å². The van der Waals surface area contributed by atoms with Gasteiger partial charge in [-0.1, -0.05) is 60.7 Å². The summed E-state index contributed by atoms with van der Waals surface area (Å²) >= 11 is 0. The minimum atomic E-state index is -10.3. The van der Waals surface area contributed by atoms with Gasteiger partial charge in [0.15, 0.2) is 0 Å². The minimum absolute atomic E-state index is 0. The first-order valence-electron chi connectivity index (χ1n) is 9.50. The van der Waals surface area contributed by atoms with E-state index in [4.69, 9.17) is 0 Å². The standard InChI is InChI=1S/C23H19F8OS.La/c1-13-9-15(3)22(16(4)10-13)17-5-7-19(14(2)11-17)23(25,26)32-18-6-8-21(20(24)12-18)33(27,28,29,30)31;/h5-6,8-12H,1-4H3;/q-1;. The minimum Gasteiger partial charge on any atom is -0.430 e. The molecule has 11 heteroatoms. The van der Waals surface area contributed by atoms with Crippen molar-refractivity contribution in [1.29, 1.82) is 0 Å². The van der Waals surface area contributed by atoms with Gasteiger partial charge in [-0.3, -0.25) is 0 Å². The molecule has 183 valence electrons. The third kappa shape index (κ3) is 6.16. The fourth-order valence-electron chi connectivity index (χ4n) is 3.76. The van der Waals surface area contributed by atoms with E-state index in [-0.39, 0.29) is 59.4 Å². The van der Waals surface area contributed by atoms with Gasteiger partial charge in [0.2, 0.25) is 0 Å². The molecule has 0 heterocycles. The molecule has 0 bridgehead atoms. The molecule has 0 atom stereocenters. The maximum absolute atomic E-state index is 14.7. The summed E-state index contributed by atoms with van der Waals surface area (Å²) in [5.74, 6) is -3.46. The van der Waals surface area contributed by atoms with Crippen LogP contribution in [0.2, 0.25) is 0 Å². The molecule has 1 nitrogen and oxygen atoms in total. The number of hydrogen-bond acceptors (Lipinski definition) is 1. The monoisotopic (exact) mass is 634 g/mol. The van der Waals surface area contributed by atoms with Crippen molar-refractivity contribution >= 4 is 10.2 Å². The van der Waals surface area contributed by atoms with Crippen LogP contribution in [0.1, 0.15) is 27.8 Å². The quantitative estimate of drug-likeness (QED) is 0.201. The fourth-order valence-corrected chi connectivity index (χ4v) is 4.51. The Morgan fingerprint density at radius 1 is 0.824 bits per heavy atom. The zero-order valence-electron chi connectivity index (χ0n) is 18.5. The maximum Gasteiger partial charge on any atom is 0.403 e. The van der Waals surface area contributed by atoms with Crippen molar-refractivity contribution in [1.82, 2.24) is 0 Å². The molecule has 3 aromatic rings. The maximum atomic E-state index is 14.7. The molecule has 0 saturated heterocycles. The number of aryl methyl sites for hydroxylation is 4. The molecule has 0 saturated carbocycles. The van der Waals surface area contributed by atoms with E-state index in [2.05, 4.69) is 10.8 Å². The molecule has 3 aromatic carbocycles. The molecule has 0 aliphatic rings. The number of benzene rings is 3. The summed E-state index contributed by atoms with van der Waals surface area (Å²) < 4.78 is 112. The van der Waals surface area contributed by atoms with E-state index in [0.717, 1.165) is 22.3 Å². The summed E-state index contributed by atoms with van der Waals surface area (Å²) in [6.45, 7) is 7.04. The fraction of sp³-hybridized carbons (Fsp3) is 0.217. The molecule has 1 radical (unpaired) electrons. The zero-order valence-corrected chi connectivity index (χ0v) is 22.9. The van der Waals surface area contributed by atoms with E-state index in [0.29, 0.717) is 5.56 Å². The van der Waals surface area contributed by atoms with E-state index in [1.807, 2.05) is 32.9 Å².